The number of likely N-dealkylation sites (tertiary alicyclic amines) is 1. The molecule has 3 rings (SSSR count). The van der Waals surface area contributed by atoms with Gasteiger partial charge in [-0.15, -0.1) is 0 Å². The van der Waals surface area contributed by atoms with Gasteiger partial charge < -0.3 is 20.3 Å². The lowest BCUT2D eigenvalue weighted by atomic mass is 9.95. The molecule has 1 saturated heterocycles. The highest BCUT2D eigenvalue weighted by molar-refractivity contribution is 6.35. The van der Waals surface area contributed by atoms with Crippen LogP contribution in [0.1, 0.15) is 44.1 Å². The molecule has 1 aromatic rings. The maximum Gasteiger partial charge on any atom is 0.309 e. The third-order valence-electron chi connectivity index (χ3n) is 5.86. The average Bonchev–Trinajstić information content (AvgIpc) is 3.26. The van der Waals surface area contributed by atoms with Crippen molar-refractivity contribution < 1.29 is 14.3 Å². The molecule has 0 bridgehead atoms. The van der Waals surface area contributed by atoms with Gasteiger partial charge in [0.2, 0.25) is 0 Å². The second-order valence-electron chi connectivity index (χ2n) is 7.66. The fourth-order valence-corrected chi connectivity index (χ4v) is 4.11. The molecule has 1 aliphatic heterocycles. The monoisotopic (exact) mass is 373 g/mol. The van der Waals surface area contributed by atoms with Crippen molar-refractivity contribution in [3.05, 3.63) is 29.8 Å². The number of methoxy groups -OCH3 is 1. The summed E-state index contributed by atoms with van der Waals surface area (Å²) in [6, 6.07) is 8.19. The van der Waals surface area contributed by atoms with Crippen LogP contribution in [0.15, 0.2) is 24.3 Å². The molecule has 27 heavy (non-hydrogen) atoms. The summed E-state index contributed by atoms with van der Waals surface area (Å²) in [6.45, 7) is 3.16. The Balaban J connectivity index is 1.33. The van der Waals surface area contributed by atoms with Crippen LogP contribution in [0, 0.1) is 5.92 Å². The van der Waals surface area contributed by atoms with E-state index < -0.39 is 11.8 Å². The van der Waals surface area contributed by atoms with Gasteiger partial charge in [-0.2, -0.15) is 0 Å². The van der Waals surface area contributed by atoms with E-state index in [4.69, 9.17) is 4.74 Å². The lowest BCUT2D eigenvalue weighted by molar-refractivity contribution is -0.139. The first kappa shape index (κ1) is 19.7. The SMILES string of the molecule is COc1ccc(CNC(=O)C(=O)NCC2CCN(C3CCCC3)CC2)cc1. The van der Waals surface area contributed by atoms with E-state index in [0.29, 0.717) is 19.0 Å². The smallest absolute Gasteiger partial charge is 0.309 e. The van der Waals surface area contributed by atoms with Crippen molar-refractivity contribution in [1.82, 2.24) is 15.5 Å². The van der Waals surface area contributed by atoms with E-state index in [1.165, 1.54) is 25.7 Å². The number of benzene rings is 1. The minimum Gasteiger partial charge on any atom is -0.497 e. The van der Waals surface area contributed by atoms with Crippen molar-refractivity contribution in [2.75, 3.05) is 26.7 Å². The quantitative estimate of drug-likeness (QED) is 0.749. The summed E-state index contributed by atoms with van der Waals surface area (Å²) in [5.41, 5.74) is 0.927. The van der Waals surface area contributed by atoms with Gasteiger partial charge in [0.05, 0.1) is 7.11 Å². The Kier molecular flexibility index (Phi) is 7.10. The minimum atomic E-state index is -0.575. The van der Waals surface area contributed by atoms with Crippen LogP contribution in [-0.4, -0.2) is 49.5 Å². The number of amides is 2. The largest absolute Gasteiger partial charge is 0.497 e. The number of hydrogen-bond acceptors (Lipinski definition) is 4. The summed E-state index contributed by atoms with van der Waals surface area (Å²) in [5, 5.41) is 5.47. The van der Waals surface area contributed by atoms with Gasteiger partial charge in [0.15, 0.2) is 0 Å². The molecular formula is C21H31N3O3. The number of nitrogens with zero attached hydrogens (tertiary/aromatic N) is 1. The number of nitrogens with one attached hydrogen (secondary N) is 2. The molecular weight excluding hydrogens is 342 g/mol. The van der Waals surface area contributed by atoms with Crippen molar-refractivity contribution in [2.24, 2.45) is 5.92 Å². The fourth-order valence-electron chi connectivity index (χ4n) is 4.11. The highest BCUT2D eigenvalue weighted by Crippen LogP contribution is 2.27. The van der Waals surface area contributed by atoms with Crippen LogP contribution in [-0.2, 0) is 16.1 Å². The molecule has 1 heterocycles. The topological polar surface area (TPSA) is 70.7 Å². The van der Waals surface area contributed by atoms with Crippen molar-refractivity contribution in [1.29, 1.82) is 0 Å². The van der Waals surface area contributed by atoms with Gasteiger partial charge in [-0.25, -0.2) is 0 Å². The molecule has 0 unspecified atom stereocenters. The standard InChI is InChI=1S/C21H31N3O3/c1-27-19-8-6-16(7-9-19)14-22-20(25)21(26)23-15-17-10-12-24(13-11-17)18-4-2-3-5-18/h6-9,17-18H,2-5,10-15H2,1H3,(H,22,25)(H,23,26). The van der Waals surface area contributed by atoms with Crippen LogP contribution >= 0.6 is 0 Å². The molecule has 0 aromatic heterocycles. The Morgan fingerprint density at radius 1 is 1.00 bits per heavy atom. The first-order valence-corrected chi connectivity index (χ1v) is 10.1. The zero-order chi connectivity index (χ0) is 19.1. The molecule has 0 atom stereocenters. The Morgan fingerprint density at radius 3 is 2.26 bits per heavy atom. The molecule has 2 aliphatic rings. The second kappa shape index (κ2) is 9.74. The number of rotatable bonds is 6. The molecule has 1 saturated carbocycles. The molecule has 2 N–H and O–H groups in total. The van der Waals surface area contributed by atoms with E-state index in [9.17, 15) is 9.59 Å². The third-order valence-corrected chi connectivity index (χ3v) is 5.86. The minimum absolute atomic E-state index is 0.329. The number of carbonyl (C=O) groups excluding carboxylic acids is 2. The highest BCUT2D eigenvalue weighted by Gasteiger charge is 2.27. The second-order valence-corrected chi connectivity index (χ2v) is 7.66. The molecule has 1 aliphatic carbocycles. The van der Waals surface area contributed by atoms with Gasteiger partial charge in [0.1, 0.15) is 5.75 Å². The van der Waals surface area contributed by atoms with E-state index in [-0.39, 0.29) is 0 Å². The van der Waals surface area contributed by atoms with Crippen molar-refractivity contribution in [2.45, 2.75) is 51.1 Å². The molecule has 1 aromatic carbocycles. The van der Waals surface area contributed by atoms with Crippen LogP contribution in [0.5, 0.6) is 5.75 Å². The summed E-state index contributed by atoms with van der Waals surface area (Å²) < 4.78 is 5.10. The van der Waals surface area contributed by atoms with E-state index in [1.807, 2.05) is 24.3 Å². The molecule has 0 radical (unpaired) electrons. The van der Waals surface area contributed by atoms with Gasteiger partial charge in [-0.05, 0) is 62.4 Å². The van der Waals surface area contributed by atoms with Gasteiger partial charge in [-0.3, -0.25) is 9.59 Å². The maximum atomic E-state index is 12.0. The number of hydrogen-bond donors (Lipinski definition) is 2. The Bertz CT molecular complexity index is 618. The summed E-state index contributed by atoms with van der Waals surface area (Å²) in [7, 11) is 1.61. The normalized spacial score (nSPS) is 19.0. The van der Waals surface area contributed by atoms with Gasteiger partial charge in [0.25, 0.3) is 0 Å². The van der Waals surface area contributed by atoms with Gasteiger partial charge in [-0.1, -0.05) is 25.0 Å². The van der Waals surface area contributed by atoms with Crippen molar-refractivity contribution >= 4 is 11.8 Å². The number of ether oxygens (including phenoxy) is 1. The first-order chi connectivity index (χ1) is 13.2. The molecule has 2 amide bonds. The molecule has 148 valence electrons. The van der Waals surface area contributed by atoms with Crippen molar-refractivity contribution in [3.8, 4) is 5.75 Å². The predicted octanol–water partition coefficient (Wildman–Crippen LogP) is 2.08. The highest BCUT2D eigenvalue weighted by atomic mass is 16.5. The van der Waals surface area contributed by atoms with Crippen LogP contribution in [0.2, 0.25) is 0 Å². The Morgan fingerprint density at radius 2 is 1.63 bits per heavy atom. The average molecular weight is 373 g/mol. The summed E-state index contributed by atoms with van der Waals surface area (Å²) >= 11 is 0. The Labute approximate surface area is 161 Å². The fraction of sp³-hybridized carbons (Fsp3) is 0.619. The lowest BCUT2D eigenvalue weighted by Gasteiger charge is -2.36. The van der Waals surface area contributed by atoms with Crippen LogP contribution < -0.4 is 15.4 Å². The third kappa shape index (κ3) is 5.70. The van der Waals surface area contributed by atoms with E-state index >= 15 is 0 Å². The lowest BCUT2D eigenvalue weighted by Crippen LogP contribution is -2.45. The van der Waals surface area contributed by atoms with Crippen LogP contribution in [0.3, 0.4) is 0 Å². The zero-order valence-electron chi connectivity index (χ0n) is 16.2. The number of carbonyl (C=O) groups is 2. The van der Waals surface area contributed by atoms with E-state index in [2.05, 4.69) is 15.5 Å². The van der Waals surface area contributed by atoms with E-state index in [1.54, 1.807) is 7.11 Å². The predicted molar refractivity (Wildman–Crippen MR) is 104 cm³/mol. The molecule has 0 spiro atoms. The van der Waals surface area contributed by atoms with Crippen LogP contribution in [0.4, 0.5) is 0 Å². The summed E-state index contributed by atoms with van der Waals surface area (Å²) in [6.07, 6.45) is 7.62. The molecule has 2 fully saturated rings. The van der Waals surface area contributed by atoms with Crippen LogP contribution in [0.25, 0.3) is 0 Å². The Hall–Kier alpha value is -2.08. The molecule has 6 nitrogen and oxygen atoms in total. The maximum absolute atomic E-state index is 12.0. The van der Waals surface area contributed by atoms with Gasteiger partial charge >= 0.3 is 11.8 Å². The zero-order valence-corrected chi connectivity index (χ0v) is 16.2. The van der Waals surface area contributed by atoms with E-state index in [0.717, 1.165) is 43.3 Å². The summed E-state index contributed by atoms with van der Waals surface area (Å²) in [5.74, 6) is 0.124. The first-order valence-electron chi connectivity index (χ1n) is 10.1. The number of piperidine rings is 1. The van der Waals surface area contributed by atoms with Gasteiger partial charge in [0, 0.05) is 19.1 Å². The molecule has 6 heteroatoms. The van der Waals surface area contributed by atoms with Crippen molar-refractivity contribution in [3.63, 3.8) is 0 Å². The summed E-state index contributed by atoms with van der Waals surface area (Å²) in [4.78, 5) is 26.6.